The minimum Gasteiger partial charge on any atom is -0.463 e. The summed E-state index contributed by atoms with van der Waals surface area (Å²) in [7, 11) is 0. The molecule has 0 radical (unpaired) electrons. The molecule has 0 saturated carbocycles. The van der Waals surface area contributed by atoms with Gasteiger partial charge in [0.15, 0.2) is 18.4 Å². The van der Waals surface area contributed by atoms with Crippen molar-refractivity contribution in [2.24, 2.45) is 0 Å². The smallest absolute Gasteiger partial charge is 0.303 e. The summed E-state index contributed by atoms with van der Waals surface area (Å²) < 4.78 is 20.7. The molecular weight excluding hydrogens is 338 g/mol. The number of carbonyl (C=O) groups excluding carboxylic acids is 5. The molecule has 4 atom stereocenters. The molecule has 10 nitrogen and oxygen atoms in total. The molecule has 0 spiro atoms. The zero-order chi connectivity index (χ0) is 18.7. The van der Waals surface area contributed by atoms with Gasteiger partial charge in [-0.05, 0) is 0 Å². The van der Waals surface area contributed by atoms with Crippen molar-refractivity contribution in [3.63, 3.8) is 0 Å². The molecule has 0 bridgehead atoms. The fourth-order valence-electron chi connectivity index (χ4n) is 2.56. The average molecular weight is 355 g/mol. The van der Waals surface area contributed by atoms with Crippen molar-refractivity contribution >= 4 is 29.7 Å². The van der Waals surface area contributed by atoms with Crippen LogP contribution in [0.2, 0.25) is 0 Å². The maximum absolute atomic E-state index is 11.9. The molecule has 136 valence electrons. The van der Waals surface area contributed by atoms with Crippen LogP contribution < -0.4 is 0 Å². The molecule has 0 aromatic rings. The van der Waals surface area contributed by atoms with Gasteiger partial charge < -0.3 is 18.9 Å². The summed E-state index contributed by atoms with van der Waals surface area (Å²) in [5.41, 5.74) is 0. The lowest BCUT2D eigenvalue weighted by Gasteiger charge is -2.27. The van der Waals surface area contributed by atoms with E-state index >= 15 is 0 Å². The summed E-state index contributed by atoms with van der Waals surface area (Å²) in [5, 5.41) is 0. The Labute approximate surface area is 142 Å². The van der Waals surface area contributed by atoms with Crippen LogP contribution in [0, 0.1) is 0 Å². The van der Waals surface area contributed by atoms with E-state index in [1.165, 1.54) is 6.92 Å². The van der Waals surface area contributed by atoms with Crippen LogP contribution in [0.3, 0.4) is 0 Å². The molecule has 25 heavy (non-hydrogen) atoms. The highest BCUT2D eigenvalue weighted by Crippen LogP contribution is 2.31. The average Bonchev–Trinajstić information content (AvgIpc) is 2.97. The molecule has 0 aliphatic carbocycles. The normalized spacial score (nSPS) is 28.2. The lowest BCUT2D eigenvalue weighted by atomic mass is 10.1. The van der Waals surface area contributed by atoms with Crippen LogP contribution in [0.15, 0.2) is 12.2 Å². The third kappa shape index (κ3) is 4.21. The van der Waals surface area contributed by atoms with Crippen LogP contribution in [0.5, 0.6) is 0 Å². The van der Waals surface area contributed by atoms with Gasteiger partial charge in [0.2, 0.25) is 0 Å². The lowest BCUT2D eigenvalue weighted by Crippen LogP contribution is -2.49. The molecule has 2 amide bonds. The number of ether oxygens (including phenoxy) is 4. The van der Waals surface area contributed by atoms with Crippen LogP contribution >= 0.6 is 0 Å². The monoisotopic (exact) mass is 355 g/mol. The Hall–Kier alpha value is -2.75. The van der Waals surface area contributed by atoms with Crippen molar-refractivity contribution in [3.8, 4) is 0 Å². The van der Waals surface area contributed by atoms with Crippen molar-refractivity contribution in [3.05, 3.63) is 12.2 Å². The third-order valence-corrected chi connectivity index (χ3v) is 3.44. The molecule has 0 aromatic heterocycles. The fourth-order valence-corrected chi connectivity index (χ4v) is 2.56. The third-order valence-electron chi connectivity index (χ3n) is 3.44. The topological polar surface area (TPSA) is 126 Å². The van der Waals surface area contributed by atoms with E-state index in [1.54, 1.807) is 0 Å². The maximum Gasteiger partial charge on any atom is 0.303 e. The zero-order valence-corrected chi connectivity index (χ0v) is 13.8. The van der Waals surface area contributed by atoms with Crippen molar-refractivity contribution in [1.29, 1.82) is 0 Å². The van der Waals surface area contributed by atoms with Gasteiger partial charge in [0.1, 0.15) is 12.7 Å². The highest BCUT2D eigenvalue weighted by Gasteiger charge is 2.54. The SMILES string of the molecule is CC(=O)OC[C@H]1O[C@@H](N2C(=O)C=CC2=O)[C@H](OC(C)=O)[C@@H]1OC(C)=O. The second-order valence-electron chi connectivity index (χ2n) is 5.40. The first-order valence-corrected chi connectivity index (χ1v) is 7.39. The number of hydrogen-bond donors (Lipinski definition) is 0. The summed E-state index contributed by atoms with van der Waals surface area (Å²) in [4.78, 5) is 58.4. The molecule has 2 aliphatic heterocycles. The summed E-state index contributed by atoms with van der Waals surface area (Å²) >= 11 is 0. The molecule has 0 aromatic carbocycles. The Morgan fingerprint density at radius 2 is 1.48 bits per heavy atom. The lowest BCUT2D eigenvalue weighted by molar-refractivity contribution is -0.172. The summed E-state index contributed by atoms with van der Waals surface area (Å²) in [6.45, 7) is 3.11. The predicted molar refractivity (Wildman–Crippen MR) is 77.4 cm³/mol. The van der Waals surface area contributed by atoms with Gasteiger partial charge in [0.05, 0.1) is 0 Å². The van der Waals surface area contributed by atoms with E-state index < -0.39 is 54.3 Å². The standard InChI is InChI=1S/C15H17NO9/c1-7(17)22-6-10-13(23-8(2)18)14(24-9(3)19)15(25-10)16-11(20)4-5-12(16)21/h4-5,10,13-15H,6H2,1-3H3/t10-,13-,14-,15-/m1/s1. The number of esters is 3. The Balaban J connectivity index is 2.31. The molecule has 2 aliphatic rings. The Bertz CT molecular complexity index is 623. The first kappa shape index (κ1) is 18.6. The van der Waals surface area contributed by atoms with Gasteiger partial charge in [-0.15, -0.1) is 0 Å². The van der Waals surface area contributed by atoms with Crippen LogP contribution in [0.1, 0.15) is 20.8 Å². The van der Waals surface area contributed by atoms with Crippen molar-refractivity contribution in [2.45, 2.75) is 45.3 Å². The summed E-state index contributed by atoms with van der Waals surface area (Å²) in [6.07, 6.45) is -2.68. The molecule has 10 heteroatoms. The van der Waals surface area contributed by atoms with Gasteiger partial charge in [-0.1, -0.05) is 0 Å². The van der Waals surface area contributed by atoms with E-state index in [9.17, 15) is 24.0 Å². The van der Waals surface area contributed by atoms with E-state index in [0.717, 1.165) is 30.9 Å². The maximum atomic E-state index is 11.9. The Morgan fingerprint density at radius 3 is 1.96 bits per heavy atom. The predicted octanol–water partition coefficient (Wildman–Crippen LogP) is -0.937. The highest BCUT2D eigenvalue weighted by molar-refractivity contribution is 6.13. The van der Waals surface area contributed by atoms with Crippen molar-refractivity contribution in [2.75, 3.05) is 6.61 Å². The molecule has 2 rings (SSSR count). The number of rotatable bonds is 5. The largest absolute Gasteiger partial charge is 0.463 e. The molecule has 2 heterocycles. The second-order valence-corrected chi connectivity index (χ2v) is 5.40. The van der Waals surface area contributed by atoms with E-state index in [1.807, 2.05) is 0 Å². The minimum absolute atomic E-state index is 0.314. The molecule has 1 fully saturated rings. The van der Waals surface area contributed by atoms with E-state index in [4.69, 9.17) is 18.9 Å². The van der Waals surface area contributed by atoms with Gasteiger partial charge in [-0.25, -0.2) is 4.90 Å². The van der Waals surface area contributed by atoms with Crippen molar-refractivity contribution in [1.82, 2.24) is 4.90 Å². The van der Waals surface area contributed by atoms with Gasteiger partial charge in [-0.2, -0.15) is 0 Å². The van der Waals surface area contributed by atoms with Crippen LogP contribution in [0.25, 0.3) is 0 Å². The van der Waals surface area contributed by atoms with Gasteiger partial charge in [-0.3, -0.25) is 24.0 Å². The van der Waals surface area contributed by atoms with E-state index in [2.05, 4.69) is 0 Å². The summed E-state index contributed by atoms with van der Waals surface area (Å²) in [5.74, 6) is -3.36. The Kier molecular flexibility index (Phi) is 5.52. The quantitative estimate of drug-likeness (QED) is 0.349. The highest BCUT2D eigenvalue weighted by atomic mass is 16.7. The number of hydrogen-bond acceptors (Lipinski definition) is 9. The molecule has 0 N–H and O–H groups in total. The molecular formula is C15H17NO9. The molecule has 0 unspecified atom stereocenters. The van der Waals surface area contributed by atoms with Gasteiger partial charge >= 0.3 is 17.9 Å². The minimum atomic E-state index is -1.32. The second kappa shape index (κ2) is 7.43. The number of amides is 2. The zero-order valence-electron chi connectivity index (χ0n) is 13.8. The van der Waals surface area contributed by atoms with Crippen LogP contribution in [-0.2, 0) is 42.9 Å². The fraction of sp³-hybridized carbons (Fsp3) is 0.533. The van der Waals surface area contributed by atoms with E-state index in [-0.39, 0.29) is 6.61 Å². The first-order valence-electron chi connectivity index (χ1n) is 7.39. The van der Waals surface area contributed by atoms with Gasteiger partial charge in [0.25, 0.3) is 11.8 Å². The van der Waals surface area contributed by atoms with Gasteiger partial charge in [0, 0.05) is 32.9 Å². The number of carbonyl (C=O) groups is 5. The number of imide groups is 1. The van der Waals surface area contributed by atoms with E-state index in [0.29, 0.717) is 0 Å². The number of nitrogens with zero attached hydrogens (tertiary/aromatic N) is 1. The van der Waals surface area contributed by atoms with Crippen LogP contribution in [0.4, 0.5) is 0 Å². The van der Waals surface area contributed by atoms with Crippen LogP contribution in [-0.4, -0.2) is 65.8 Å². The van der Waals surface area contributed by atoms with Crippen molar-refractivity contribution < 1.29 is 42.9 Å². The summed E-state index contributed by atoms with van der Waals surface area (Å²) in [6, 6.07) is 0. The first-order chi connectivity index (χ1) is 11.7. The molecule has 1 saturated heterocycles. The Morgan fingerprint density at radius 1 is 0.960 bits per heavy atom.